The number of anilines is 1. The molecule has 0 radical (unpaired) electrons. The fraction of sp³-hybridized carbons (Fsp3) is 0.526. The molecule has 24 heavy (non-hydrogen) atoms. The highest BCUT2D eigenvalue weighted by Crippen LogP contribution is 2.63. The van der Waals surface area contributed by atoms with E-state index in [4.69, 9.17) is 0 Å². The number of fused-ring (bicyclic) bond motifs is 6. The molecule has 2 bridgehead atoms. The van der Waals surface area contributed by atoms with Crippen LogP contribution in [0.1, 0.15) is 35.6 Å². The Hall–Kier alpha value is -1.20. The SMILES string of the molecule is CN(C)c1ccc([C@@H]2c3sc(=O)[nH]c3S[C@@H]3[C@@H]4CC[C@@H](C4)[C@H]23)cc1. The second kappa shape index (κ2) is 5.40. The van der Waals surface area contributed by atoms with Crippen molar-refractivity contribution in [1.82, 2.24) is 4.98 Å². The Morgan fingerprint density at radius 3 is 2.62 bits per heavy atom. The van der Waals surface area contributed by atoms with Crippen molar-refractivity contribution >= 4 is 28.8 Å². The summed E-state index contributed by atoms with van der Waals surface area (Å²) >= 11 is 3.40. The van der Waals surface area contributed by atoms with E-state index in [1.165, 1.54) is 46.7 Å². The van der Waals surface area contributed by atoms with Crippen molar-refractivity contribution < 1.29 is 0 Å². The lowest BCUT2D eigenvalue weighted by Crippen LogP contribution is -2.33. The van der Waals surface area contributed by atoms with Crippen LogP contribution >= 0.6 is 23.1 Å². The number of H-pyrrole nitrogens is 1. The van der Waals surface area contributed by atoms with Crippen molar-refractivity contribution in [3.05, 3.63) is 44.4 Å². The van der Waals surface area contributed by atoms with E-state index in [2.05, 4.69) is 48.2 Å². The molecule has 3 nitrogen and oxygen atoms in total. The zero-order valence-electron chi connectivity index (χ0n) is 14.0. The minimum Gasteiger partial charge on any atom is -0.378 e. The van der Waals surface area contributed by atoms with E-state index in [-0.39, 0.29) is 4.87 Å². The van der Waals surface area contributed by atoms with E-state index in [1.807, 2.05) is 11.8 Å². The van der Waals surface area contributed by atoms with E-state index in [1.54, 1.807) is 0 Å². The standard InChI is InChI=1S/C19H22N2OS2/c1-21(2)13-7-5-10(6-8-13)14-15-11-3-4-12(9-11)16(15)23-18-17(14)24-19(22)20-18/h5-8,11-12,14-16H,3-4,9H2,1-2H3,(H,20,22)/t11-,12+,14-,15+,16+/m0/s1. The Bertz CT molecular complexity index is 823. The third-order valence-electron chi connectivity index (χ3n) is 6.23. The first-order valence-corrected chi connectivity index (χ1v) is 10.5. The van der Waals surface area contributed by atoms with Crippen LogP contribution in [0.25, 0.3) is 0 Å². The van der Waals surface area contributed by atoms with Crippen LogP contribution < -0.4 is 9.77 Å². The van der Waals surface area contributed by atoms with Crippen molar-refractivity contribution in [3.63, 3.8) is 0 Å². The fourth-order valence-electron chi connectivity index (χ4n) is 5.20. The summed E-state index contributed by atoms with van der Waals surface area (Å²) in [6.45, 7) is 0. The molecule has 3 aliphatic rings. The number of nitrogens with one attached hydrogen (secondary N) is 1. The third kappa shape index (κ3) is 2.14. The van der Waals surface area contributed by atoms with Crippen molar-refractivity contribution in [1.29, 1.82) is 0 Å². The van der Waals surface area contributed by atoms with Gasteiger partial charge in [0.2, 0.25) is 0 Å². The lowest BCUT2D eigenvalue weighted by atomic mass is 9.75. The van der Waals surface area contributed by atoms with Crippen LogP contribution in [0.2, 0.25) is 0 Å². The zero-order valence-corrected chi connectivity index (χ0v) is 15.6. The van der Waals surface area contributed by atoms with Crippen molar-refractivity contribution in [2.24, 2.45) is 17.8 Å². The van der Waals surface area contributed by atoms with Crippen LogP contribution in [0.3, 0.4) is 0 Å². The molecule has 0 unspecified atom stereocenters. The molecule has 2 fully saturated rings. The minimum atomic E-state index is 0.106. The Morgan fingerprint density at radius 1 is 1.12 bits per heavy atom. The van der Waals surface area contributed by atoms with E-state index in [0.717, 1.165) is 16.9 Å². The number of hydrogen-bond acceptors (Lipinski definition) is 4. The molecular weight excluding hydrogens is 336 g/mol. The summed E-state index contributed by atoms with van der Waals surface area (Å²) in [4.78, 5) is 18.7. The first-order valence-electron chi connectivity index (χ1n) is 8.79. The van der Waals surface area contributed by atoms with Gasteiger partial charge in [-0.25, -0.2) is 0 Å². The first-order chi connectivity index (χ1) is 11.6. The highest BCUT2D eigenvalue weighted by atomic mass is 32.2. The molecule has 0 amide bonds. The number of aromatic amines is 1. The quantitative estimate of drug-likeness (QED) is 0.876. The summed E-state index contributed by atoms with van der Waals surface area (Å²) in [7, 11) is 4.16. The highest BCUT2D eigenvalue weighted by Gasteiger charge is 2.54. The van der Waals surface area contributed by atoms with Gasteiger partial charge in [-0.3, -0.25) is 4.79 Å². The van der Waals surface area contributed by atoms with Crippen LogP contribution in [-0.2, 0) is 0 Å². The number of aromatic nitrogens is 1. The molecule has 5 heteroatoms. The predicted molar refractivity (Wildman–Crippen MR) is 102 cm³/mol. The van der Waals surface area contributed by atoms with Gasteiger partial charge in [-0.05, 0) is 54.7 Å². The fourth-order valence-corrected chi connectivity index (χ4v) is 8.10. The van der Waals surface area contributed by atoms with Gasteiger partial charge in [0, 0.05) is 35.8 Å². The number of benzene rings is 1. The van der Waals surface area contributed by atoms with Crippen LogP contribution in [0, 0.1) is 17.8 Å². The molecule has 5 rings (SSSR count). The molecule has 0 spiro atoms. The van der Waals surface area contributed by atoms with Gasteiger partial charge in [0.25, 0.3) is 0 Å². The molecular formula is C19H22N2OS2. The molecule has 1 aromatic carbocycles. The molecule has 1 aromatic heterocycles. The normalized spacial score (nSPS) is 33.3. The number of rotatable bonds is 2. The summed E-state index contributed by atoms with van der Waals surface area (Å²) in [5.41, 5.74) is 2.62. The molecule has 1 aliphatic heterocycles. The van der Waals surface area contributed by atoms with Crippen molar-refractivity contribution in [2.75, 3.05) is 19.0 Å². The number of thiazole rings is 1. The Balaban J connectivity index is 1.62. The minimum absolute atomic E-state index is 0.106. The maximum atomic E-state index is 12.0. The monoisotopic (exact) mass is 358 g/mol. The van der Waals surface area contributed by atoms with E-state index < -0.39 is 0 Å². The van der Waals surface area contributed by atoms with Gasteiger partial charge in [0.1, 0.15) is 0 Å². The molecule has 2 heterocycles. The van der Waals surface area contributed by atoms with Crippen LogP contribution in [0.4, 0.5) is 5.69 Å². The molecule has 1 N–H and O–H groups in total. The van der Waals surface area contributed by atoms with Gasteiger partial charge in [0.15, 0.2) is 0 Å². The summed E-state index contributed by atoms with van der Waals surface area (Å²) in [5.74, 6) is 2.81. The molecule has 2 saturated carbocycles. The second-order valence-electron chi connectivity index (χ2n) is 7.66. The topological polar surface area (TPSA) is 36.1 Å². The van der Waals surface area contributed by atoms with Gasteiger partial charge in [0.05, 0.1) is 5.03 Å². The summed E-state index contributed by atoms with van der Waals surface area (Å²) in [5, 5.41) is 1.85. The van der Waals surface area contributed by atoms with E-state index in [0.29, 0.717) is 17.1 Å². The van der Waals surface area contributed by atoms with Crippen LogP contribution in [0.15, 0.2) is 34.1 Å². The highest BCUT2D eigenvalue weighted by molar-refractivity contribution is 8.00. The van der Waals surface area contributed by atoms with Crippen LogP contribution in [0.5, 0.6) is 0 Å². The number of nitrogens with zero attached hydrogens (tertiary/aromatic N) is 1. The Morgan fingerprint density at radius 2 is 1.88 bits per heavy atom. The molecule has 126 valence electrons. The largest absolute Gasteiger partial charge is 0.378 e. The Kier molecular flexibility index (Phi) is 3.39. The third-order valence-corrected chi connectivity index (χ3v) is 8.86. The lowest BCUT2D eigenvalue weighted by molar-refractivity contribution is 0.307. The average molecular weight is 359 g/mol. The van der Waals surface area contributed by atoms with Gasteiger partial charge in [-0.1, -0.05) is 23.5 Å². The molecule has 5 atom stereocenters. The maximum absolute atomic E-state index is 12.0. The second-order valence-corrected chi connectivity index (χ2v) is 9.87. The zero-order chi connectivity index (χ0) is 16.4. The van der Waals surface area contributed by atoms with Crippen molar-refractivity contribution in [3.8, 4) is 0 Å². The lowest BCUT2D eigenvalue weighted by Gasteiger charge is -2.40. The average Bonchev–Trinajstić information content (AvgIpc) is 3.26. The first kappa shape index (κ1) is 15.1. The van der Waals surface area contributed by atoms with Gasteiger partial charge >= 0.3 is 4.87 Å². The van der Waals surface area contributed by atoms with Gasteiger partial charge in [-0.15, -0.1) is 11.8 Å². The van der Waals surface area contributed by atoms with E-state index >= 15 is 0 Å². The molecule has 2 aliphatic carbocycles. The predicted octanol–water partition coefficient (Wildman–Crippen LogP) is 4.15. The molecule has 0 saturated heterocycles. The summed E-state index contributed by atoms with van der Waals surface area (Å²) in [6, 6.07) is 9.00. The molecule has 2 aromatic rings. The smallest absolute Gasteiger partial charge is 0.305 e. The number of hydrogen-bond donors (Lipinski definition) is 1. The maximum Gasteiger partial charge on any atom is 0.305 e. The van der Waals surface area contributed by atoms with Crippen molar-refractivity contribution in [2.45, 2.75) is 35.5 Å². The van der Waals surface area contributed by atoms with Gasteiger partial charge < -0.3 is 9.88 Å². The van der Waals surface area contributed by atoms with Gasteiger partial charge in [-0.2, -0.15) is 0 Å². The number of thioether (sulfide) groups is 1. The van der Waals surface area contributed by atoms with Crippen LogP contribution in [-0.4, -0.2) is 24.3 Å². The summed E-state index contributed by atoms with van der Waals surface area (Å²) in [6.07, 6.45) is 4.16. The summed E-state index contributed by atoms with van der Waals surface area (Å²) < 4.78 is 0. The van der Waals surface area contributed by atoms with E-state index in [9.17, 15) is 4.79 Å². The Labute approximate surface area is 150 Å².